The minimum Gasteiger partial charge on any atom is -0.349 e. The smallest absolute Gasteiger partial charge is 0.194 e. The van der Waals surface area contributed by atoms with Crippen molar-refractivity contribution in [3.63, 3.8) is 0 Å². The van der Waals surface area contributed by atoms with E-state index in [-0.39, 0.29) is 0 Å². The summed E-state index contributed by atoms with van der Waals surface area (Å²) in [5.74, 6) is 4.01. The van der Waals surface area contributed by atoms with Gasteiger partial charge in [0.05, 0.1) is 6.54 Å². The van der Waals surface area contributed by atoms with E-state index in [4.69, 9.17) is 0 Å². The predicted molar refractivity (Wildman–Crippen MR) is 83.1 cm³/mol. The first-order valence-corrected chi connectivity index (χ1v) is 8.14. The van der Waals surface area contributed by atoms with Crippen molar-refractivity contribution in [1.29, 1.82) is 0 Å². The third-order valence-corrected chi connectivity index (χ3v) is 4.64. The molecule has 6 nitrogen and oxygen atoms in total. The maximum atomic E-state index is 4.42. The molecule has 3 heterocycles. The van der Waals surface area contributed by atoms with Crippen LogP contribution in [0, 0.1) is 5.92 Å². The molecule has 1 aromatic heterocycles. The standard InChI is InChI=1S/C15H26N6/c1-12-6-9-20(10-7-12)15(16-2)17-11-14-19-18-13-5-3-4-8-21(13)14/h12H,3-11H2,1-2H3,(H,16,17). The van der Waals surface area contributed by atoms with Crippen molar-refractivity contribution in [3.05, 3.63) is 11.6 Å². The van der Waals surface area contributed by atoms with Crippen LogP contribution >= 0.6 is 0 Å². The monoisotopic (exact) mass is 290 g/mol. The number of aliphatic imine (C=N–C) groups is 1. The fourth-order valence-electron chi connectivity index (χ4n) is 3.21. The Hall–Kier alpha value is -1.59. The van der Waals surface area contributed by atoms with Gasteiger partial charge in [-0.1, -0.05) is 6.92 Å². The maximum absolute atomic E-state index is 4.42. The molecule has 0 radical (unpaired) electrons. The third-order valence-electron chi connectivity index (χ3n) is 4.64. The number of hydrogen-bond acceptors (Lipinski definition) is 3. The molecule has 6 heteroatoms. The molecule has 0 unspecified atom stereocenters. The van der Waals surface area contributed by atoms with Gasteiger partial charge in [0.15, 0.2) is 11.8 Å². The zero-order valence-electron chi connectivity index (χ0n) is 13.2. The summed E-state index contributed by atoms with van der Waals surface area (Å²) < 4.78 is 2.27. The Bertz CT molecular complexity index is 498. The van der Waals surface area contributed by atoms with Crippen LogP contribution in [0.5, 0.6) is 0 Å². The molecule has 0 spiro atoms. The molecular formula is C15H26N6. The summed E-state index contributed by atoms with van der Waals surface area (Å²) in [5, 5.41) is 12.1. The molecule has 0 saturated carbocycles. The Labute approximate surface area is 126 Å². The normalized spacial score (nSPS) is 20.5. The molecule has 1 N–H and O–H groups in total. The van der Waals surface area contributed by atoms with Gasteiger partial charge < -0.3 is 14.8 Å². The van der Waals surface area contributed by atoms with Crippen molar-refractivity contribution < 1.29 is 0 Å². The second-order valence-corrected chi connectivity index (χ2v) is 6.21. The van der Waals surface area contributed by atoms with Gasteiger partial charge in [-0.25, -0.2) is 0 Å². The van der Waals surface area contributed by atoms with E-state index in [9.17, 15) is 0 Å². The highest BCUT2D eigenvalue weighted by atomic mass is 15.3. The lowest BCUT2D eigenvalue weighted by Crippen LogP contribution is -2.45. The molecule has 21 heavy (non-hydrogen) atoms. The molecule has 116 valence electrons. The fraction of sp³-hybridized carbons (Fsp3) is 0.800. The van der Waals surface area contributed by atoms with Gasteiger partial charge in [0.2, 0.25) is 0 Å². The fourth-order valence-corrected chi connectivity index (χ4v) is 3.21. The molecule has 0 aromatic carbocycles. The number of hydrogen-bond donors (Lipinski definition) is 1. The van der Waals surface area contributed by atoms with Crippen LogP contribution in [-0.4, -0.2) is 45.8 Å². The Morgan fingerprint density at radius 3 is 2.81 bits per heavy atom. The number of likely N-dealkylation sites (tertiary alicyclic amines) is 1. The van der Waals surface area contributed by atoms with E-state index in [2.05, 4.69) is 36.9 Å². The molecule has 1 fully saturated rings. The highest BCUT2D eigenvalue weighted by Gasteiger charge is 2.20. The minimum absolute atomic E-state index is 0.714. The van der Waals surface area contributed by atoms with Crippen LogP contribution in [-0.2, 0) is 19.5 Å². The molecule has 1 saturated heterocycles. The second-order valence-electron chi connectivity index (χ2n) is 6.21. The molecular weight excluding hydrogens is 264 g/mol. The lowest BCUT2D eigenvalue weighted by Gasteiger charge is -2.32. The van der Waals surface area contributed by atoms with Crippen molar-refractivity contribution >= 4 is 5.96 Å². The Balaban J connectivity index is 1.59. The van der Waals surface area contributed by atoms with Crippen molar-refractivity contribution in [3.8, 4) is 0 Å². The highest BCUT2D eigenvalue weighted by molar-refractivity contribution is 5.79. The van der Waals surface area contributed by atoms with Crippen molar-refractivity contribution in [2.24, 2.45) is 10.9 Å². The number of fused-ring (bicyclic) bond motifs is 1. The van der Waals surface area contributed by atoms with Gasteiger partial charge >= 0.3 is 0 Å². The molecule has 2 aliphatic rings. The van der Waals surface area contributed by atoms with Crippen LogP contribution in [0.25, 0.3) is 0 Å². The summed E-state index contributed by atoms with van der Waals surface area (Å²) >= 11 is 0. The number of nitrogens with one attached hydrogen (secondary N) is 1. The average Bonchev–Trinajstić information content (AvgIpc) is 2.93. The molecule has 2 aliphatic heterocycles. The van der Waals surface area contributed by atoms with Crippen LogP contribution in [0.1, 0.15) is 44.3 Å². The van der Waals surface area contributed by atoms with Gasteiger partial charge in [0, 0.05) is 33.1 Å². The highest BCUT2D eigenvalue weighted by Crippen LogP contribution is 2.16. The second kappa shape index (κ2) is 6.45. The quantitative estimate of drug-likeness (QED) is 0.661. The Morgan fingerprint density at radius 1 is 1.24 bits per heavy atom. The van der Waals surface area contributed by atoms with E-state index in [0.29, 0.717) is 6.54 Å². The number of aryl methyl sites for hydroxylation is 1. The minimum atomic E-state index is 0.714. The van der Waals surface area contributed by atoms with E-state index in [1.165, 1.54) is 25.7 Å². The van der Waals surface area contributed by atoms with Crippen LogP contribution in [0.4, 0.5) is 0 Å². The summed E-state index contributed by atoms with van der Waals surface area (Å²) in [5.41, 5.74) is 0. The SMILES string of the molecule is CN=C(NCc1nnc2n1CCCC2)N1CCC(C)CC1. The third kappa shape index (κ3) is 3.19. The molecule has 0 aliphatic carbocycles. The zero-order valence-corrected chi connectivity index (χ0v) is 13.2. The van der Waals surface area contributed by atoms with E-state index in [1.54, 1.807) is 0 Å². The van der Waals surface area contributed by atoms with Crippen molar-refractivity contribution in [1.82, 2.24) is 25.0 Å². The lowest BCUT2D eigenvalue weighted by atomic mass is 10.00. The van der Waals surface area contributed by atoms with Crippen LogP contribution in [0.15, 0.2) is 4.99 Å². The molecule has 0 amide bonds. The van der Waals surface area contributed by atoms with Gasteiger partial charge in [0.25, 0.3) is 0 Å². The summed E-state index contributed by atoms with van der Waals surface area (Å²) in [7, 11) is 1.86. The van der Waals surface area contributed by atoms with Gasteiger partial charge in [-0.2, -0.15) is 0 Å². The van der Waals surface area contributed by atoms with Gasteiger partial charge in [-0.3, -0.25) is 4.99 Å². The van der Waals surface area contributed by atoms with Gasteiger partial charge in [-0.05, 0) is 31.6 Å². The number of rotatable bonds is 2. The summed E-state index contributed by atoms with van der Waals surface area (Å²) in [4.78, 5) is 6.78. The zero-order chi connectivity index (χ0) is 14.7. The summed E-state index contributed by atoms with van der Waals surface area (Å²) in [6.07, 6.45) is 6.03. The van der Waals surface area contributed by atoms with Gasteiger partial charge in [0.1, 0.15) is 5.82 Å². The number of piperidine rings is 1. The van der Waals surface area contributed by atoms with Crippen molar-refractivity contribution in [2.75, 3.05) is 20.1 Å². The Morgan fingerprint density at radius 2 is 2.05 bits per heavy atom. The first-order valence-electron chi connectivity index (χ1n) is 8.14. The average molecular weight is 290 g/mol. The van der Waals surface area contributed by atoms with Crippen LogP contribution < -0.4 is 5.32 Å². The van der Waals surface area contributed by atoms with Crippen LogP contribution in [0.2, 0.25) is 0 Å². The van der Waals surface area contributed by atoms with Crippen LogP contribution in [0.3, 0.4) is 0 Å². The van der Waals surface area contributed by atoms with E-state index in [0.717, 1.165) is 49.6 Å². The summed E-state index contributed by atoms with van der Waals surface area (Å²) in [6, 6.07) is 0. The largest absolute Gasteiger partial charge is 0.349 e. The number of guanidine groups is 1. The number of aromatic nitrogens is 3. The molecule has 0 atom stereocenters. The molecule has 1 aromatic rings. The topological polar surface area (TPSA) is 58.3 Å². The predicted octanol–water partition coefficient (Wildman–Crippen LogP) is 1.42. The van der Waals surface area contributed by atoms with Gasteiger partial charge in [-0.15, -0.1) is 10.2 Å². The first kappa shape index (κ1) is 14.4. The molecule has 3 rings (SSSR count). The van der Waals surface area contributed by atoms with Crippen molar-refractivity contribution in [2.45, 2.75) is 52.1 Å². The molecule has 0 bridgehead atoms. The number of nitrogens with zero attached hydrogens (tertiary/aromatic N) is 5. The van der Waals surface area contributed by atoms with E-state index >= 15 is 0 Å². The lowest BCUT2D eigenvalue weighted by molar-refractivity contribution is 0.273. The maximum Gasteiger partial charge on any atom is 0.194 e. The van der Waals surface area contributed by atoms with E-state index in [1.807, 2.05) is 7.05 Å². The first-order chi connectivity index (χ1) is 10.3. The Kier molecular flexibility index (Phi) is 4.41. The van der Waals surface area contributed by atoms with E-state index < -0.39 is 0 Å². The summed E-state index contributed by atoms with van der Waals surface area (Å²) in [6.45, 7) is 6.29.